The van der Waals surface area contributed by atoms with E-state index in [4.69, 9.17) is 0 Å². The number of H-pyrrole nitrogens is 1. The second-order valence-corrected chi connectivity index (χ2v) is 6.79. The molecule has 1 saturated carbocycles. The van der Waals surface area contributed by atoms with E-state index in [1.54, 1.807) is 6.20 Å². The number of fused-ring (bicyclic) bond motifs is 1. The lowest BCUT2D eigenvalue weighted by molar-refractivity contribution is -0.116. The van der Waals surface area contributed by atoms with E-state index in [1.807, 2.05) is 10.1 Å². The van der Waals surface area contributed by atoms with Crippen LogP contribution in [-0.2, 0) is 4.79 Å². The molecule has 3 heterocycles. The summed E-state index contributed by atoms with van der Waals surface area (Å²) in [6.07, 6.45) is 7.77. The Morgan fingerprint density at radius 3 is 2.77 bits per heavy atom. The van der Waals surface area contributed by atoms with Gasteiger partial charge in [0.2, 0.25) is 5.91 Å². The van der Waals surface area contributed by atoms with Crippen LogP contribution in [0.15, 0.2) is 16.4 Å². The molecule has 7 heteroatoms. The Labute approximate surface area is 131 Å². The number of carbonyl (C=O) groups excluding carboxylic acids is 1. The summed E-state index contributed by atoms with van der Waals surface area (Å²) in [5.41, 5.74) is 1.55. The maximum Gasteiger partial charge on any atom is 0.270 e. The van der Waals surface area contributed by atoms with Crippen molar-refractivity contribution in [1.82, 2.24) is 14.2 Å². The Balaban J connectivity index is 1.81. The molecule has 2 N–H and O–H groups in total. The van der Waals surface area contributed by atoms with E-state index in [0.717, 1.165) is 18.4 Å². The van der Waals surface area contributed by atoms with Crippen molar-refractivity contribution in [2.45, 2.75) is 50.5 Å². The van der Waals surface area contributed by atoms with Crippen LogP contribution in [0.2, 0.25) is 0 Å². The highest BCUT2D eigenvalue weighted by Gasteiger charge is 2.34. The van der Waals surface area contributed by atoms with Gasteiger partial charge in [0, 0.05) is 23.9 Å². The molecule has 2 aromatic rings. The number of hydrogen-bond donors (Lipinski definition) is 2. The summed E-state index contributed by atoms with van der Waals surface area (Å²) in [6.45, 7) is 0. The van der Waals surface area contributed by atoms with Gasteiger partial charge in [0.15, 0.2) is 0 Å². The first kappa shape index (κ1) is 13.8. The average molecular weight is 318 g/mol. The van der Waals surface area contributed by atoms with Gasteiger partial charge in [-0.15, -0.1) is 0 Å². The molecule has 1 aliphatic carbocycles. The number of aromatic nitrogens is 3. The minimum atomic E-state index is -0.184. The third-order valence-corrected chi connectivity index (χ3v) is 5.36. The molecular weight excluding hydrogens is 300 g/mol. The average Bonchev–Trinajstić information content (AvgIpc) is 3.16. The predicted molar refractivity (Wildman–Crippen MR) is 84.4 cm³/mol. The molecule has 116 valence electrons. The number of rotatable bonds is 2. The van der Waals surface area contributed by atoms with Crippen molar-refractivity contribution in [3.8, 4) is 0 Å². The second-order valence-electron chi connectivity index (χ2n) is 6.13. The second kappa shape index (κ2) is 5.39. The Bertz CT molecular complexity index is 740. The number of carbonyl (C=O) groups is 1. The van der Waals surface area contributed by atoms with Crippen molar-refractivity contribution in [1.29, 1.82) is 0 Å². The Kier molecular flexibility index (Phi) is 3.37. The fourth-order valence-corrected chi connectivity index (χ4v) is 4.26. The van der Waals surface area contributed by atoms with E-state index in [-0.39, 0.29) is 23.4 Å². The lowest BCUT2D eigenvalue weighted by Crippen LogP contribution is -2.27. The van der Waals surface area contributed by atoms with E-state index in [9.17, 15) is 9.59 Å². The summed E-state index contributed by atoms with van der Waals surface area (Å²) < 4.78 is 6.02. The molecule has 2 aliphatic rings. The van der Waals surface area contributed by atoms with Gasteiger partial charge in [0.05, 0.1) is 11.6 Å². The van der Waals surface area contributed by atoms with Gasteiger partial charge < -0.3 is 5.32 Å². The summed E-state index contributed by atoms with van der Waals surface area (Å²) in [6, 6.07) is 0.282. The molecule has 0 spiro atoms. The molecule has 1 fully saturated rings. The lowest BCUT2D eigenvalue weighted by atomic mass is 9.89. The van der Waals surface area contributed by atoms with E-state index in [1.165, 1.54) is 30.8 Å². The minimum Gasteiger partial charge on any atom is -0.311 e. The molecule has 6 nitrogen and oxygen atoms in total. The van der Waals surface area contributed by atoms with Crippen molar-refractivity contribution in [3.63, 3.8) is 0 Å². The molecule has 4 rings (SSSR count). The van der Waals surface area contributed by atoms with Gasteiger partial charge in [-0.3, -0.25) is 19.4 Å². The number of nitrogens with one attached hydrogen (secondary N) is 2. The molecule has 0 aromatic carbocycles. The third kappa shape index (κ3) is 2.20. The summed E-state index contributed by atoms with van der Waals surface area (Å²) >= 11 is 1.35. The van der Waals surface area contributed by atoms with E-state index in [0.29, 0.717) is 17.8 Å². The number of amides is 1. The summed E-state index contributed by atoms with van der Waals surface area (Å²) in [5.74, 6) is 0.452. The molecule has 1 unspecified atom stereocenters. The van der Waals surface area contributed by atoms with E-state index in [2.05, 4.69) is 14.8 Å². The van der Waals surface area contributed by atoms with Crippen LogP contribution in [0.5, 0.6) is 0 Å². The van der Waals surface area contributed by atoms with Crippen molar-refractivity contribution in [2.75, 3.05) is 5.32 Å². The fraction of sp³-hybridized carbons (Fsp3) is 0.533. The zero-order valence-corrected chi connectivity index (χ0v) is 13.0. The van der Waals surface area contributed by atoms with E-state index < -0.39 is 0 Å². The van der Waals surface area contributed by atoms with Crippen LogP contribution < -0.4 is 10.9 Å². The van der Waals surface area contributed by atoms with Crippen molar-refractivity contribution in [3.05, 3.63) is 33.1 Å². The highest BCUT2D eigenvalue weighted by Crippen LogP contribution is 2.38. The third-order valence-electron chi connectivity index (χ3n) is 4.75. The van der Waals surface area contributed by atoms with E-state index >= 15 is 0 Å². The van der Waals surface area contributed by atoms with Crippen LogP contribution in [0.3, 0.4) is 0 Å². The molecule has 0 saturated heterocycles. The number of anilines is 1. The first-order chi connectivity index (χ1) is 10.7. The zero-order valence-electron chi connectivity index (χ0n) is 12.2. The molecule has 22 heavy (non-hydrogen) atoms. The smallest absolute Gasteiger partial charge is 0.270 e. The largest absolute Gasteiger partial charge is 0.311 e. The summed E-state index contributed by atoms with van der Waals surface area (Å²) in [5, 5.41) is 7.80. The Hall–Kier alpha value is -1.89. The number of aromatic amines is 1. The Morgan fingerprint density at radius 2 is 2.05 bits per heavy atom. The first-order valence-corrected chi connectivity index (χ1v) is 8.61. The SMILES string of the molecule is O=C1CC(c2cnsc2)c2c(n(C3CCCCC3)[nH]c2=O)N1. The highest BCUT2D eigenvalue weighted by atomic mass is 32.1. The Morgan fingerprint density at radius 1 is 1.23 bits per heavy atom. The van der Waals surface area contributed by atoms with Crippen molar-refractivity contribution in [2.24, 2.45) is 0 Å². The normalized spacial score (nSPS) is 22.4. The minimum absolute atomic E-state index is 0.0349. The topological polar surface area (TPSA) is 79.8 Å². The lowest BCUT2D eigenvalue weighted by Gasteiger charge is -2.27. The monoisotopic (exact) mass is 318 g/mol. The van der Waals surface area contributed by atoms with Gasteiger partial charge in [-0.2, -0.15) is 0 Å². The quantitative estimate of drug-likeness (QED) is 0.893. The van der Waals surface area contributed by atoms with Crippen molar-refractivity contribution >= 4 is 23.3 Å². The van der Waals surface area contributed by atoms with Crippen LogP contribution in [0.1, 0.15) is 61.6 Å². The van der Waals surface area contributed by atoms with Crippen LogP contribution in [0.4, 0.5) is 5.82 Å². The predicted octanol–water partition coefficient (Wildman–Crippen LogP) is 2.61. The summed E-state index contributed by atoms with van der Waals surface area (Å²) in [7, 11) is 0. The number of hydrogen-bond acceptors (Lipinski definition) is 4. The molecule has 1 atom stereocenters. The maximum atomic E-state index is 12.5. The highest BCUT2D eigenvalue weighted by molar-refractivity contribution is 7.03. The van der Waals surface area contributed by atoms with Gasteiger partial charge in [0.25, 0.3) is 5.56 Å². The molecular formula is C15H18N4O2S. The standard InChI is InChI=1S/C15H18N4O2S/c20-12-6-11(9-7-16-22-8-9)13-14(17-12)19(18-15(13)21)10-4-2-1-3-5-10/h7-8,10-11H,1-6H2,(H,17,20)(H,18,21). The van der Waals surface area contributed by atoms with Crippen LogP contribution in [0, 0.1) is 0 Å². The molecule has 0 radical (unpaired) electrons. The zero-order chi connectivity index (χ0) is 15.1. The molecule has 1 aliphatic heterocycles. The van der Waals surface area contributed by atoms with Gasteiger partial charge in [0.1, 0.15) is 5.82 Å². The molecule has 2 aromatic heterocycles. The molecule has 1 amide bonds. The first-order valence-electron chi connectivity index (χ1n) is 7.77. The van der Waals surface area contributed by atoms with Crippen LogP contribution >= 0.6 is 11.5 Å². The van der Waals surface area contributed by atoms with Gasteiger partial charge >= 0.3 is 0 Å². The molecule has 0 bridgehead atoms. The maximum absolute atomic E-state index is 12.5. The number of nitrogens with zero attached hydrogens (tertiary/aromatic N) is 2. The van der Waals surface area contributed by atoms with Crippen LogP contribution in [0.25, 0.3) is 0 Å². The van der Waals surface area contributed by atoms with Crippen LogP contribution in [-0.4, -0.2) is 20.1 Å². The van der Waals surface area contributed by atoms with Gasteiger partial charge in [-0.1, -0.05) is 19.3 Å². The summed E-state index contributed by atoms with van der Waals surface area (Å²) in [4.78, 5) is 24.6. The van der Waals surface area contributed by atoms with Crippen molar-refractivity contribution < 1.29 is 4.79 Å². The van der Waals surface area contributed by atoms with Gasteiger partial charge in [-0.25, -0.2) is 4.37 Å². The fourth-order valence-electron chi connectivity index (χ4n) is 3.67. The van der Waals surface area contributed by atoms with Gasteiger partial charge in [-0.05, 0) is 29.9 Å².